The van der Waals surface area contributed by atoms with Crippen LogP contribution in [0.5, 0.6) is 0 Å². The Balaban J connectivity index is 1.97. The number of benzene rings is 2. The molecule has 1 aliphatic carbocycles. The SMILES string of the molecule is NC(=O)C(C1CCCCC1)n1c(-c2ccc(Cl)cc2)nc2cc(F)c(F)cc21. The van der Waals surface area contributed by atoms with Gasteiger partial charge in [-0.25, -0.2) is 13.8 Å². The summed E-state index contributed by atoms with van der Waals surface area (Å²) < 4.78 is 29.6. The van der Waals surface area contributed by atoms with Gasteiger partial charge in [0.15, 0.2) is 11.6 Å². The molecule has 1 fully saturated rings. The fourth-order valence-corrected chi connectivity index (χ4v) is 4.32. The second-order valence-electron chi connectivity index (χ2n) is 7.31. The second kappa shape index (κ2) is 7.51. The molecule has 28 heavy (non-hydrogen) atoms. The maximum absolute atomic E-state index is 14.1. The minimum absolute atomic E-state index is 0.0304. The standard InChI is InChI=1S/C21H20ClF2N3O/c22-14-8-6-13(7-9-14)21-26-17-10-15(23)16(24)11-18(17)27(21)19(20(25)28)12-4-2-1-3-5-12/h6-12,19H,1-5H2,(H2,25,28). The molecule has 0 radical (unpaired) electrons. The van der Waals surface area contributed by atoms with Crippen molar-refractivity contribution in [1.82, 2.24) is 9.55 Å². The molecule has 1 aliphatic rings. The van der Waals surface area contributed by atoms with Crippen LogP contribution in [0.25, 0.3) is 22.4 Å². The molecule has 1 unspecified atom stereocenters. The first-order valence-electron chi connectivity index (χ1n) is 9.38. The van der Waals surface area contributed by atoms with Crippen molar-refractivity contribution in [3.8, 4) is 11.4 Å². The van der Waals surface area contributed by atoms with E-state index >= 15 is 0 Å². The molecule has 1 saturated carbocycles. The Bertz CT molecular complexity index is 1030. The highest BCUT2D eigenvalue weighted by Crippen LogP contribution is 2.38. The highest BCUT2D eigenvalue weighted by molar-refractivity contribution is 6.30. The highest BCUT2D eigenvalue weighted by atomic mass is 35.5. The molecule has 7 heteroatoms. The van der Waals surface area contributed by atoms with E-state index in [4.69, 9.17) is 17.3 Å². The van der Waals surface area contributed by atoms with E-state index in [-0.39, 0.29) is 11.4 Å². The van der Waals surface area contributed by atoms with E-state index in [1.807, 2.05) is 0 Å². The van der Waals surface area contributed by atoms with Gasteiger partial charge in [-0.2, -0.15) is 0 Å². The van der Waals surface area contributed by atoms with Crippen molar-refractivity contribution in [2.24, 2.45) is 11.7 Å². The summed E-state index contributed by atoms with van der Waals surface area (Å²) in [6.07, 6.45) is 4.87. The summed E-state index contributed by atoms with van der Waals surface area (Å²) in [5, 5.41) is 0.558. The number of nitrogens with zero attached hydrogens (tertiary/aromatic N) is 2. The van der Waals surface area contributed by atoms with Crippen LogP contribution in [0.3, 0.4) is 0 Å². The number of carbonyl (C=O) groups is 1. The Morgan fingerprint density at radius 3 is 2.39 bits per heavy atom. The highest BCUT2D eigenvalue weighted by Gasteiger charge is 2.33. The number of halogens is 3. The van der Waals surface area contributed by atoms with Crippen LogP contribution in [0, 0.1) is 17.6 Å². The average Bonchev–Trinajstić information content (AvgIpc) is 3.02. The smallest absolute Gasteiger partial charge is 0.240 e. The summed E-state index contributed by atoms with van der Waals surface area (Å²) in [4.78, 5) is 17.0. The molecule has 3 aromatic rings. The molecule has 0 bridgehead atoms. The van der Waals surface area contributed by atoms with Crippen molar-refractivity contribution in [3.63, 3.8) is 0 Å². The fourth-order valence-electron chi connectivity index (χ4n) is 4.19. The van der Waals surface area contributed by atoms with Crippen LogP contribution < -0.4 is 5.73 Å². The van der Waals surface area contributed by atoms with Crippen LogP contribution in [-0.2, 0) is 4.79 Å². The fraction of sp³-hybridized carbons (Fsp3) is 0.333. The summed E-state index contributed by atoms with van der Waals surface area (Å²) in [6.45, 7) is 0. The van der Waals surface area contributed by atoms with Gasteiger partial charge in [-0.05, 0) is 43.0 Å². The van der Waals surface area contributed by atoms with Gasteiger partial charge in [0.1, 0.15) is 11.9 Å². The van der Waals surface area contributed by atoms with Gasteiger partial charge in [-0.15, -0.1) is 0 Å². The van der Waals surface area contributed by atoms with Crippen molar-refractivity contribution in [2.45, 2.75) is 38.1 Å². The molecule has 0 saturated heterocycles. The molecule has 1 amide bonds. The summed E-state index contributed by atoms with van der Waals surface area (Å²) in [7, 11) is 0. The number of fused-ring (bicyclic) bond motifs is 1. The number of aromatic nitrogens is 2. The molecule has 0 spiro atoms. The number of carbonyl (C=O) groups excluding carboxylic acids is 1. The Kier molecular flexibility index (Phi) is 5.06. The van der Waals surface area contributed by atoms with Gasteiger partial charge in [0.2, 0.25) is 5.91 Å². The van der Waals surface area contributed by atoms with Gasteiger partial charge in [0.05, 0.1) is 11.0 Å². The van der Waals surface area contributed by atoms with E-state index < -0.39 is 23.6 Å². The molecular formula is C21H20ClF2N3O. The van der Waals surface area contributed by atoms with Crippen molar-refractivity contribution >= 4 is 28.5 Å². The van der Waals surface area contributed by atoms with Gasteiger partial charge in [0.25, 0.3) is 0 Å². The lowest BCUT2D eigenvalue weighted by molar-refractivity contribution is -0.122. The first kappa shape index (κ1) is 18.9. The molecule has 146 valence electrons. The maximum Gasteiger partial charge on any atom is 0.240 e. The Labute approximate surface area is 166 Å². The summed E-state index contributed by atoms with van der Waals surface area (Å²) in [5.41, 5.74) is 7.15. The molecule has 4 rings (SSSR count). The zero-order valence-corrected chi connectivity index (χ0v) is 15.9. The Morgan fingerprint density at radius 2 is 1.75 bits per heavy atom. The number of rotatable bonds is 4. The van der Waals surface area contributed by atoms with Gasteiger partial charge < -0.3 is 10.3 Å². The Hall–Kier alpha value is -2.47. The van der Waals surface area contributed by atoms with Crippen LogP contribution in [0.15, 0.2) is 36.4 Å². The minimum Gasteiger partial charge on any atom is -0.368 e. The van der Waals surface area contributed by atoms with Crippen molar-refractivity contribution in [2.75, 3.05) is 0 Å². The number of primary amides is 1. The zero-order valence-electron chi connectivity index (χ0n) is 15.2. The number of hydrogen-bond acceptors (Lipinski definition) is 2. The number of amides is 1. The monoisotopic (exact) mass is 403 g/mol. The molecule has 2 N–H and O–H groups in total. The molecule has 0 aliphatic heterocycles. The van der Waals surface area contributed by atoms with Gasteiger partial charge in [0, 0.05) is 22.7 Å². The van der Waals surface area contributed by atoms with Gasteiger partial charge in [-0.1, -0.05) is 30.9 Å². The lowest BCUT2D eigenvalue weighted by Gasteiger charge is -2.30. The normalized spacial score (nSPS) is 16.4. The van der Waals surface area contributed by atoms with Crippen molar-refractivity contribution in [1.29, 1.82) is 0 Å². The molecule has 1 atom stereocenters. The topological polar surface area (TPSA) is 60.9 Å². The number of nitrogens with two attached hydrogens (primary N) is 1. The van der Waals surface area contributed by atoms with E-state index in [0.29, 0.717) is 21.9 Å². The van der Waals surface area contributed by atoms with Crippen LogP contribution >= 0.6 is 11.6 Å². The van der Waals surface area contributed by atoms with E-state index in [1.54, 1.807) is 28.8 Å². The van der Waals surface area contributed by atoms with Crippen molar-refractivity contribution in [3.05, 3.63) is 53.1 Å². The van der Waals surface area contributed by atoms with E-state index in [2.05, 4.69) is 4.98 Å². The molecule has 1 aromatic heterocycles. The summed E-state index contributed by atoms with van der Waals surface area (Å²) in [5.74, 6) is -1.98. The second-order valence-corrected chi connectivity index (χ2v) is 7.75. The summed E-state index contributed by atoms with van der Waals surface area (Å²) >= 11 is 5.99. The largest absolute Gasteiger partial charge is 0.368 e. The lowest BCUT2D eigenvalue weighted by Crippen LogP contribution is -2.34. The van der Waals surface area contributed by atoms with Gasteiger partial charge in [-0.3, -0.25) is 4.79 Å². The third-order valence-corrected chi connectivity index (χ3v) is 5.75. The molecular weight excluding hydrogens is 384 g/mol. The van der Waals surface area contributed by atoms with E-state index in [1.165, 1.54) is 0 Å². The van der Waals surface area contributed by atoms with Crippen LogP contribution in [0.2, 0.25) is 5.02 Å². The Morgan fingerprint density at radius 1 is 1.11 bits per heavy atom. The van der Waals surface area contributed by atoms with E-state index in [9.17, 15) is 13.6 Å². The minimum atomic E-state index is -0.983. The van der Waals surface area contributed by atoms with E-state index in [0.717, 1.165) is 44.2 Å². The molecule has 4 nitrogen and oxygen atoms in total. The van der Waals surface area contributed by atoms with Crippen LogP contribution in [-0.4, -0.2) is 15.5 Å². The predicted molar refractivity (Wildman–Crippen MR) is 105 cm³/mol. The third-order valence-electron chi connectivity index (χ3n) is 5.50. The zero-order chi connectivity index (χ0) is 19.8. The third kappa shape index (κ3) is 3.37. The number of hydrogen-bond donors (Lipinski definition) is 1. The average molecular weight is 404 g/mol. The first-order chi connectivity index (χ1) is 13.5. The number of imidazole rings is 1. The van der Waals surface area contributed by atoms with Crippen LogP contribution in [0.4, 0.5) is 8.78 Å². The van der Waals surface area contributed by atoms with Crippen molar-refractivity contribution < 1.29 is 13.6 Å². The molecule has 1 heterocycles. The molecule has 2 aromatic carbocycles. The first-order valence-corrected chi connectivity index (χ1v) is 9.75. The van der Waals surface area contributed by atoms with Gasteiger partial charge >= 0.3 is 0 Å². The maximum atomic E-state index is 14.1. The predicted octanol–water partition coefficient (Wildman–Crippen LogP) is 5.24. The van der Waals surface area contributed by atoms with Crippen LogP contribution in [0.1, 0.15) is 38.1 Å². The lowest BCUT2D eigenvalue weighted by atomic mass is 9.83. The summed E-state index contributed by atoms with van der Waals surface area (Å²) in [6, 6.07) is 8.43. The quantitative estimate of drug-likeness (QED) is 0.647.